The van der Waals surface area contributed by atoms with E-state index >= 15 is 0 Å². The maximum absolute atomic E-state index is 14.2. The van der Waals surface area contributed by atoms with Crippen molar-refractivity contribution in [3.8, 4) is 17.1 Å². The Morgan fingerprint density at radius 3 is 2.37 bits per heavy atom. The number of halogens is 1. The number of hydrogen-bond donors (Lipinski definition) is 1. The predicted molar refractivity (Wildman–Crippen MR) is 167 cm³/mol. The third-order valence-electron chi connectivity index (χ3n) is 7.02. The summed E-state index contributed by atoms with van der Waals surface area (Å²) in [5.41, 5.74) is 3.35. The molecule has 0 spiro atoms. The highest BCUT2D eigenvalue weighted by Crippen LogP contribution is 2.31. The molecular weight excluding hydrogens is 632 g/mol. The van der Waals surface area contributed by atoms with Crippen molar-refractivity contribution in [2.45, 2.75) is 58.5 Å². The number of sulfonamides is 1. The number of hydrogen-bond acceptors (Lipinski definition) is 8. The number of ether oxygens (including phenoxy) is 1. The standard InChI is InChI=1S/C31H33BrN6O4S/c1-19-8-6-9-20(2)28(19)25-13-27-36-30(35-25)37-43(40,41)24-11-7-10-21(12-24)29(39)38(17-26-33-15-22(32)16-34-26)23(18-42-27)14-31(3,4)5/h6-13,15-16,23H,14,17-18H2,1-5H3,(H,35,36,37)/t23-/m1/s1. The number of rotatable bonds is 4. The fourth-order valence-electron chi connectivity index (χ4n) is 5.12. The molecule has 0 radical (unpaired) electrons. The fraction of sp³-hybridized carbons (Fsp3) is 0.323. The molecule has 3 heterocycles. The van der Waals surface area contributed by atoms with E-state index in [0.29, 0.717) is 22.4 Å². The highest BCUT2D eigenvalue weighted by atomic mass is 79.9. The molecule has 0 fully saturated rings. The summed E-state index contributed by atoms with van der Waals surface area (Å²) in [6.45, 7) is 10.4. The van der Waals surface area contributed by atoms with E-state index in [1.54, 1.807) is 35.5 Å². The van der Waals surface area contributed by atoms with Crippen molar-refractivity contribution in [2.24, 2.45) is 5.41 Å². The van der Waals surface area contributed by atoms with E-state index in [1.807, 2.05) is 32.0 Å². The Kier molecular flexibility index (Phi) is 8.53. The summed E-state index contributed by atoms with van der Waals surface area (Å²) in [5, 5.41) is 0. The molecule has 1 aliphatic rings. The van der Waals surface area contributed by atoms with Crippen LogP contribution in [0.4, 0.5) is 5.95 Å². The van der Waals surface area contributed by atoms with Crippen LogP contribution in [0.3, 0.4) is 0 Å². The minimum atomic E-state index is -4.16. The Balaban J connectivity index is 1.68. The van der Waals surface area contributed by atoms with Gasteiger partial charge >= 0.3 is 0 Å². The molecule has 2 aromatic carbocycles. The van der Waals surface area contributed by atoms with E-state index in [2.05, 4.69) is 61.4 Å². The van der Waals surface area contributed by atoms with Crippen molar-refractivity contribution < 1.29 is 17.9 Å². The SMILES string of the molecule is Cc1cccc(C)c1-c1cc2nc(n1)NS(=O)(=O)c1cccc(c1)C(=O)N(Cc1ncc(Br)cn1)[C@H](CC(C)(C)C)CO2. The minimum absolute atomic E-state index is 0.0895. The van der Waals surface area contributed by atoms with E-state index in [0.717, 1.165) is 16.7 Å². The smallest absolute Gasteiger partial charge is 0.264 e. The molecule has 2 aromatic heterocycles. The highest BCUT2D eigenvalue weighted by molar-refractivity contribution is 9.10. The molecule has 10 nitrogen and oxygen atoms in total. The topological polar surface area (TPSA) is 127 Å². The van der Waals surface area contributed by atoms with Gasteiger partial charge in [-0.3, -0.25) is 4.79 Å². The number of nitrogens with one attached hydrogen (secondary N) is 1. The lowest BCUT2D eigenvalue weighted by molar-refractivity contribution is 0.0505. The van der Waals surface area contributed by atoms with Crippen LogP contribution in [0.15, 0.2) is 70.3 Å². The van der Waals surface area contributed by atoms with Crippen LogP contribution in [-0.4, -0.2) is 51.8 Å². The first kappa shape index (κ1) is 30.6. The van der Waals surface area contributed by atoms with Crippen LogP contribution in [0.25, 0.3) is 11.3 Å². The molecule has 0 unspecified atom stereocenters. The third kappa shape index (κ3) is 7.19. The zero-order valence-electron chi connectivity index (χ0n) is 24.6. The Labute approximate surface area is 260 Å². The number of fused-ring (bicyclic) bond motifs is 4. The summed E-state index contributed by atoms with van der Waals surface area (Å²) in [5.74, 6) is 0.127. The minimum Gasteiger partial charge on any atom is -0.475 e. The molecule has 12 heteroatoms. The lowest BCUT2D eigenvalue weighted by Gasteiger charge is -2.35. The molecule has 1 N–H and O–H groups in total. The molecule has 1 amide bonds. The van der Waals surface area contributed by atoms with Crippen LogP contribution in [0, 0.1) is 19.3 Å². The summed E-state index contributed by atoms with van der Waals surface area (Å²) in [4.78, 5) is 33.5. The van der Waals surface area contributed by atoms with Crippen molar-refractivity contribution in [1.82, 2.24) is 24.8 Å². The molecule has 1 atom stereocenters. The van der Waals surface area contributed by atoms with Crippen molar-refractivity contribution in [3.63, 3.8) is 0 Å². The predicted octanol–water partition coefficient (Wildman–Crippen LogP) is 5.95. The van der Waals surface area contributed by atoms with Gasteiger partial charge in [0.2, 0.25) is 11.8 Å². The molecular formula is C31H33BrN6O4S. The van der Waals surface area contributed by atoms with Crippen molar-refractivity contribution >= 4 is 37.8 Å². The molecule has 0 saturated heterocycles. The maximum atomic E-state index is 14.2. The van der Waals surface area contributed by atoms with Crippen LogP contribution < -0.4 is 9.46 Å². The fourth-order valence-corrected chi connectivity index (χ4v) is 6.31. The molecule has 5 rings (SSSR count). The van der Waals surface area contributed by atoms with Gasteiger partial charge in [0.25, 0.3) is 15.9 Å². The van der Waals surface area contributed by atoms with Crippen LogP contribution in [0.1, 0.15) is 54.5 Å². The summed E-state index contributed by atoms with van der Waals surface area (Å²) in [7, 11) is -4.16. The van der Waals surface area contributed by atoms with E-state index in [-0.39, 0.29) is 46.8 Å². The number of nitrogens with zero attached hydrogens (tertiary/aromatic N) is 5. The second-order valence-corrected chi connectivity index (χ2v) is 14.4. The van der Waals surface area contributed by atoms with Crippen molar-refractivity contribution in [3.05, 3.63) is 87.9 Å². The number of carbonyl (C=O) groups is 1. The quantitative estimate of drug-likeness (QED) is 0.283. The Morgan fingerprint density at radius 2 is 1.70 bits per heavy atom. The van der Waals surface area contributed by atoms with Gasteiger partial charge in [0.05, 0.1) is 27.6 Å². The summed E-state index contributed by atoms with van der Waals surface area (Å²) < 4.78 is 36.6. The van der Waals surface area contributed by atoms with E-state index in [4.69, 9.17) is 4.74 Å². The van der Waals surface area contributed by atoms with E-state index in [9.17, 15) is 13.2 Å². The summed E-state index contributed by atoms with van der Waals surface area (Å²) >= 11 is 3.36. The maximum Gasteiger partial charge on any atom is 0.264 e. The number of aryl methyl sites for hydroxylation is 2. The molecule has 0 saturated carbocycles. The molecule has 43 heavy (non-hydrogen) atoms. The first-order chi connectivity index (χ1) is 20.3. The van der Waals surface area contributed by atoms with Gasteiger partial charge in [-0.15, -0.1) is 0 Å². The molecule has 0 aliphatic carbocycles. The Bertz CT molecular complexity index is 1750. The number of carbonyl (C=O) groups excluding carboxylic acids is 1. The van der Waals surface area contributed by atoms with Gasteiger partial charge in [-0.25, -0.2) is 28.1 Å². The highest BCUT2D eigenvalue weighted by Gasteiger charge is 2.32. The van der Waals surface area contributed by atoms with Crippen molar-refractivity contribution in [1.29, 1.82) is 0 Å². The average molecular weight is 666 g/mol. The molecule has 4 bridgehead atoms. The first-order valence-corrected chi connectivity index (χ1v) is 16.1. The van der Waals surface area contributed by atoms with Gasteiger partial charge in [0, 0.05) is 29.6 Å². The van der Waals surface area contributed by atoms with Gasteiger partial charge in [0.15, 0.2) is 0 Å². The number of aromatic nitrogens is 4. The van der Waals surface area contributed by atoms with Gasteiger partial charge in [-0.1, -0.05) is 45.0 Å². The van der Waals surface area contributed by atoms with Gasteiger partial charge in [-0.2, -0.15) is 4.98 Å². The molecule has 1 aliphatic heterocycles. The lowest BCUT2D eigenvalue weighted by Crippen LogP contribution is -2.45. The monoisotopic (exact) mass is 664 g/mol. The normalized spacial score (nSPS) is 16.7. The molecule has 4 aromatic rings. The summed E-state index contributed by atoms with van der Waals surface area (Å²) in [6, 6.07) is 13.1. The van der Waals surface area contributed by atoms with Crippen LogP contribution in [-0.2, 0) is 16.6 Å². The summed E-state index contributed by atoms with van der Waals surface area (Å²) in [6.07, 6.45) is 3.82. The third-order valence-corrected chi connectivity index (χ3v) is 8.75. The zero-order chi connectivity index (χ0) is 30.9. The number of amides is 1. The second kappa shape index (κ2) is 12.0. The Morgan fingerprint density at radius 1 is 1.02 bits per heavy atom. The molecule has 224 valence electrons. The van der Waals surface area contributed by atoms with Crippen LogP contribution >= 0.6 is 15.9 Å². The average Bonchev–Trinajstić information content (AvgIpc) is 2.93. The van der Waals surface area contributed by atoms with Crippen molar-refractivity contribution in [2.75, 3.05) is 11.3 Å². The zero-order valence-corrected chi connectivity index (χ0v) is 27.0. The number of benzene rings is 2. The van der Waals surface area contributed by atoms with E-state index in [1.165, 1.54) is 12.1 Å². The number of anilines is 1. The van der Waals surface area contributed by atoms with Gasteiger partial charge in [-0.05, 0) is 70.9 Å². The van der Waals surface area contributed by atoms with Crippen LogP contribution in [0.5, 0.6) is 5.88 Å². The second-order valence-electron chi connectivity index (χ2n) is 11.8. The largest absolute Gasteiger partial charge is 0.475 e. The first-order valence-electron chi connectivity index (χ1n) is 13.8. The van der Waals surface area contributed by atoms with Gasteiger partial charge in [0.1, 0.15) is 12.4 Å². The van der Waals surface area contributed by atoms with E-state index < -0.39 is 16.1 Å². The Hall–Kier alpha value is -3.90. The van der Waals surface area contributed by atoms with Gasteiger partial charge < -0.3 is 9.64 Å². The lowest BCUT2D eigenvalue weighted by atomic mass is 9.87. The van der Waals surface area contributed by atoms with Crippen LogP contribution in [0.2, 0.25) is 0 Å².